The molecular formula is C20H18Cl2N4O4. The van der Waals surface area contributed by atoms with Gasteiger partial charge in [-0.3, -0.25) is 19.6 Å². The topological polar surface area (TPSA) is 99.3 Å². The average Bonchev–Trinajstić information content (AvgIpc) is 3.01. The number of amides is 1. The highest BCUT2D eigenvalue weighted by Crippen LogP contribution is 2.31. The predicted molar refractivity (Wildman–Crippen MR) is 115 cm³/mol. The number of anilines is 1. The van der Waals surface area contributed by atoms with Gasteiger partial charge in [-0.05, 0) is 37.6 Å². The fourth-order valence-electron chi connectivity index (χ4n) is 2.72. The van der Waals surface area contributed by atoms with E-state index >= 15 is 0 Å². The van der Waals surface area contributed by atoms with E-state index in [9.17, 15) is 14.9 Å². The zero-order chi connectivity index (χ0) is 21.8. The highest BCUT2D eigenvalue weighted by atomic mass is 35.5. The van der Waals surface area contributed by atoms with Crippen LogP contribution in [0.1, 0.15) is 17.7 Å². The summed E-state index contributed by atoms with van der Waals surface area (Å²) in [5.74, 6) is 0.367. The number of halogens is 2. The van der Waals surface area contributed by atoms with Gasteiger partial charge in [0, 0.05) is 23.6 Å². The largest absolute Gasteiger partial charge is 0.457 e. The molecule has 0 unspecified atom stereocenters. The highest BCUT2D eigenvalue weighted by Gasteiger charge is 2.14. The quantitative estimate of drug-likeness (QED) is 0.377. The number of nitro benzene ring substituents is 1. The lowest BCUT2D eigenvalue weighted by Gasteiger charge is -2.11. The van der Waals surface area contributed by atoms with E-state index in [1.54, 1.807) is 29.8 Å². The summed E-state index contributed by atoms with van der Waals surface area (Å²) in [6.45, 7) is 3.95. The van der Waals surface area contributed by atoms with Gasteiger partial charge in [-0.25, -0.2) is 0 Å². The lowest BCUT2D eigenvalue weighted by Crippen LogP contribution is -2.15. The highest BCUT2D eigenvalue weighted by molar-refractivity contribution is 6.31. The molecule has 3 rings (SSSR count). The standard InChI is InChI=1S/C20H18Cl2N4O4/c1-12-7-16(3-4-18(12)21)30-17-9-14(8-15(10-17)26(28)29)24-20(27)5-6-25-13(2)19(22)11-23-25/h3-4,7-11H,5-6H2,1-2H3,(H,24,27). The number of non-ortho nitro benzene ring substituents is 1. The lowest BCUT2D eigenvalue weighted by atomic mass is 10.2. The first-order chi connectivity index (χ1) is 14.2. The summed E-state index contributed by atoms with van der Waals surface area (Å²) < 4.78 is 7.35. The van der Waals surface area contributed by atoms with Crippen LogP contribution in [-0.2, 0) is 11.3 Å². The first kappa shape index (κ1) is 21.6. The van der Waals surface area contributed by atoms with Crippen molar-refractivity contribution >= 4 is 40.5 Å². The fraction of sp³-hybridized carbons (Fsp3) is 0.200. The number of hydrogen-bond donors (Lipinski definition) is 1. The van der Waals surface area contributed by atoms with Gasteiger partial charge in [0.1, 0.15) is 11.5 Å². The molecule has 1 amide bonds. The molecular weight excluding hydrogens is 431 g/mol. The Labute approximate surface area is 182 Å². The van der Waals surface area contributed by atoms with Crippen molar-refractivity contribution in [1.29, 1.82) is 0 Å². The zero-order valence-corrected chi connectivity index (χ0v) is 17.7. The molecule has 3 aromatic rings. The third-order valence-electron chi connectivity index (χ3n) is 4.34. The number of aryl methyl sites for hydroxylation is 2. The van der Waals surface area contributed by atoms with Crippen LogP contribution in [0.5, 0.6) is 11.5 Å². The van der Waals surface area contributed by atoms with E-state index in [1.807, 2.05) is 6.92 Å². The van der Waals surface area contributed by atoms with Crippen LogP contribution in [0.2, 0.25) is 10.0 Å². The normalized spacial score (nSPS) is 10.7. The van der Waals surface area contributed by atoms with Crippen molar-refractivity contribution in [2.75, 3.05) is 5.32 Å². The monoisotopic (exact) mass is 448 g/mol. The number of carbonyl (C=O) groups is 1. The molecule has 0 radical (unpaired) electrons. The molecule has 0 saturated carbocycles. The summed E-state index contributed by atoms with van der Waals surface area (Å²) in [6.07, 6.45) is 1.63. The minimum Gasteiger partial charge on any atom is -0.457 e. The van der Waals surface area contributed by atoms with Gasteiger partial charge in [0.25, 0.3) is 5.69 Å². The smallest absolute Gasteiger partial charge is 0.275 e. The molecule has 0 spiro atoms. The summed E-state index contributed by atoms with van der Waals surface area (Å²) in [5, 5.41) is 19.2. The first-order valence-corrected chi connectivity index (χ1v) is 9.70. The van der Waals surface area contributed by atoms with E-state index in [2.05, 4.69) is 10.4 Å². The van der Waals surface area contributed by atoms with E-state index < -0.39 is 4.92 Å². The second kappa shape index (κ2) is 9.15. The summed E-state index contributed by atoms with van der Waals surface area (Å²) in [6, 6.07) is 9.13. The van der Waals surface area contributed by atoms with Crippen LogP contribution in [0.15, 0.2) is 42.6 Å². The van der Waals surface area contributed by atoms with Gasteiger partial charge in [0.05, 0.1) is 40.1 Å². The van der Waals surface area contributed by atoms with E-state index in [0.29, 0.717) is 22.3 Å². The number of rotatable bonds is 7. The van der Waals surface area contributed by atoms with Crippen LogP contribution in [0.3, 0.4) is 0 Å². The Morgan fingerprint density at radius 2 is 1.93 bits per heavy atom. The minimum atomic E-state index is -0.551. The Morgan fingerprint density at radius 3 is 2.57 bits per heavy atom. The molecule has 2 aromatic carbocycles. The molecule has 10 heteroatoms. The van der Waals surface area contributed by atoms with Crippen LogP contribution in [0.4, 0.5) is 11.4 Å². The van der Waals surface area contributed by atoms with Crippen LogP contribution in [0.25, 0.3) is 0 Å². The molecule has 0 bridgehead atoms. The molecule has 0 saturated heterocycles. The number of benzene rings is 2. The summed E-state index contributed by atoms with van der Waals surface area (Å²) in [5.41, 5.74) is 1.61. The number of nitrogens with one attached hydrogen (secondary N) is 1. The molecule has 0 fully saturated rings. The van der Waals surface area contributed by atoms with Gasteiger partial charge in [0.2, 0.25) is 5.91 Å². The fourth-order valence-corrected chi connectivity index (χ4v) is 2.98. The molecule has 8 nitrogen and oxygen atoms in total. The molecule has 0 aliphatic rings. The molecule has 30 heavy (non-hydrogen) atoms. The van der Waals surface area contributed by atoms with E-state index in [1.165, 1.54) is 24.4 Å². The number of aromatic nitrogens is 2. The number of nitro groups is 1. The van der Waals surface area contributed by atoms with Crippen LogP contribution >= 0.6 is 23.2 Å². The van der Waals surface area contributed by atoms with Crippen molar-refractivity contribution in [3.8, 4) is 11.5 Å². The molecule has 0 aliphatic carbocycles. The Kier molecular flexibility index (Phi) is 6.59. The Morgan fingerprint density at radius 1 is 1.17 bits per heavy atom. The second-order valence-electron chi connectivity index (χ2n) is 6.58. The number of ether oxygens (including phenoxy) is 1. The van der Waals surface area contributed by atoms with Crippen LogP contribution in [-0.4, -0.2) is 20.6 Å². The van der Waals surface area contributed by atoms with Gasteiger partial charge < -0.3 is 10.1 Å². The van der Waals surface area contributed by atoms with Crippen LogP contribution in [0, 0.1) is 24.0 Å². The molecule has 1 aromatic heterocycles. The van der Waals surface area contributed by atoms with Crippen molar-refractivity contribution < 1.29 is 14.5 Å². The Balaban J connectivity index is 1.74. The molecule has 0 aliphatic heterocycles. The summed E-state index contributed by atoms with van der Waals surface area (Å²) in [4.78, 5) is 23.1. The van der Waals surface area contributed by atoms with Crippen molar-refractivity contribution in [3.05, 3.63) is 74.0 Å². The molecule has 1 heterocycles. The van der Waals surface area contributed by atoms with E-state index in [4.69, 9.17) is 27.9 Å². The van der Waals surface area contributed by atoms with Crippen LogP contribution < -0.4 is 10.1 Å². The number of hydrogen-bond acceptors (Lipinski definition) is 5. The SMILES string of the molecule is Cc1cc(Oc2cc(NC(=O)CCn3ncc(Cl)c3C)cc([N+](=O)[O-])c2)ccc1Cl. The maximum Gasteiger partial charge on any atom is 0.275 e. The molecule has 0 atom stereocenters. The third-order valence-corrected chi connectivity index (χ3v) is 5.14. The molecule has 1 N–H and O–H groups in total. The number of carbonyl (C=O) groups excluding carboxylic acids is 1. The lowest BCUT2D eigenvalue weighted by molar-refractivity contribution is -0.384. The first-order valence-electron chi connectivity index (χ1n) is 8.94. The van der Waals surface area contributed by atoms with E-state index in [0.717, 1.165) is 11.3 Å². The van der Waals surface area contributed by atoms with Crippen molar-refractivity contribution in [1.82, 2.24) is 9.78 Å². The second-order valence-corrected chi connectivity index (χ2v) is 7.40. The Hall–Kier alpha value is -3.10. The molecule has 156 valence electrons. The van der Waals surface area contributed by atoms with Crippen molar-refractivity contribution in [2.45, 2.75) is 26.8 Å². The van der Waals surface area contributed by atoms with Gasteiger partial charge in [-0.1, -0.05) is 23.2 Å². The maximum atomic E-state index is 12.3. The maximum absolute atomic E-state index is 12.3. The van der Waals surface area contributed by atoms with Gasteiger partial charge >= 0.3 is 0 Å². The zero-order valence-electron chi connectivity index (χ0n) is 16.2. The van der Waals surface area contributed by atoms with Crippen molar-refractivity contribution in [3.63, 3.8) is 0 Å². The number of nitrogens with zero attached hydrogens (tertiary/aromatic N) is 3. The van der Waals surface area contributed by atoms with Gasteiger partial charge in [0.15, 0.2) is 0 Å². The minimum absolute atomic E-state index is 0.119. The Bertz CT molecular complexity index is 1110. The third kappa shape index (κ3) is 5.28. The summed E-state index contributed by atoms with van der Waals surface area (Å²) in [7, 11) is 0. The average molecular weight is 449 g/mol. The van der Waals surface area contributed by atoms with Crippen molar-refractivity contribution in [2.24, 2.45) is 0 Å². The van der Waals surface area contributed by atoms with Gasteiger partial charge in [-0.2, -0.15) is 5.10 Å². The predicted octanol–water partition coefficient (Wildman–Crippen LogP) is 5.54. The van der Waals surface area contributed by atoms with Gasteiger partial charge in [-0.15, -0.1) is 0 Å². The summed E-state index contributed by atoms with van der Waals surface area (Å²) >= 11 is 12.0. The van der Waals surface area contributed by atoms with E-state index in [-0.39, 0.29) is 29.5 Å².